The fourth-order valence-corrected chi connectivity index (χ4v) is 1.58. The Balaban J connectivity index is 4.00. The van der Waals surface area contributed by atoms with E-state index in [-0.39, 0.29) is 5.60 Å². The zero-order valence-electron chi connectivity index (χ0n) is 12.9. The SMILES string of the molecule is CC(C)NN(C)COC(C)(C)CN(C)C(C)C. The van der Waals surface area contributed by atoms with Crippen LogP contribution in [0.15, 0.2) is 0 Å². The molecule has 1 N–H and O–H groups in total. The number of nitrogens with zero attached hydrogens (tertiary/aromatic N) is 2. The highest BCUT2D eigenvalue weighted by Gasteiger charge is 2.22. The lowest BCUT2D eigenvalue weighted by Crippen LogP contribution is -2.46. The lowest BCUT2D eigenvalue weighted by Gasteiger charge is -2.34. The Morgan fingerprint density at radius 3 is 2.06 bits per heavy atom. The summed E-state index contributed by atoms with van der Waals surface area (Å²) in [6.07, 6.45) is 0. The van der Waals surface area contributed by atoms with E-state index in [9.17, 15) is 0 Å². The molecule has 4 heteroatoms. The summed E-state index contributed by atoms with van der Waals surface area (Å²) in [6.45, 7) is 14.4. The smallest absolute Gasteiger partial charge is 0.112 e. The van der Waals surface area contributed by atoms with E-state index in [0.29, 0.717) is 18.8 Å². The predicted octanol–water partition coefficient (Wildman–Crippen LogP) is 1.92. The van der Waals surface area contributed by atoms with E-state index in [1.807, 2.05) is 12.1 Å². The fraction of sp³-hybridized carbons (Fsp3) is 1.00. The summed E-state index contributed by atoms with van der Waals surface area (Å²) in [7, 11) is 4.13. The number of rotatable bonds is 8. The van der Waals surface area contributed by atoms with Gasteiger partial charge in [0.25, 0.3) is 0 Å². The molecule has 0 unspecified atom stereocenters. The molecule has 0 aromatic heterocycles. The van der Waals surface area contributed by atoms with Gasteiger partial charge in [-0.2, -0.15) is 0 Å². The highest BCUT2D eigenvalue weighted by molar-refractivity contribution is 4.74. The van der Waals surface area contributed by atoms with Crippen LogP contribution < -0.4 is 5.43 Å². The molecule has 0 radical (unpaired) electrons. The highest BCUT2D eigenvalue weighted by Crippen LogP contribution is 2.12. The molecule has 0 aromatic carbocycles. The molecule has 0 fully saturated rings. The van der Waals surface area contributed by atoms with Gasteiger partial charge in [0.05, 0.1) is 5.60 Å². The summed E-state index contributed by atoms with van der Waals surface area (Å²) >= 11 is 0. The molecule has 0 heterocycles. The van der Waals surface area contributed by atoms with Crippen LogP contribution in [-0.2, 0) is 4.74 Å². The number of likely N-dealkylation sites (N-methyl/N-ethyl adjacent to an activating group) is 1. The van der Waals surface area contributed by atoms with Crippen LogP contribution in [0.5, 0.6) is 0 Å². The Bertz CT molecular complexity index is 205. The minimum atomic E-state index is -0.133. The van der Waals surface area contributed by atoms with Crippen molar-refractivity contribution < 1.29 is 4.74 Å². The molecule has 0 saturated heterocycles. The number of hydrazine groups is 1. The number of ether oxygens (including phenoxy) is 1. The Morgan fingerprint density at radius 2 is 1.65 bits per heavy atom. The molecule has 0 rings (SSSR count). The second-order valence-electron chi connectivity index (χ2n) is 6.02. The van der Waals surface area contributed by atoms with Crippen molar-refractivity contribution >= 4 is 0 Å². The van der Waals surface area contributed by atoms with Gasteiger partial charge in [0.1, 0.15) is 6.73 Å². The van der Waals surface area contributed by atoms with E-state index in [2.05, 4.69) is 58.9 Å². The van der Waals surface area contributed by atoms with E-state index in [0.717, 1.165) is 6.54 Å². The third-order valence-electron chi connectivity index (χ3n) is 2.64. The van der Waals surface area contributed by atoms with Crippen molar-refractivity contribution in [1.82, 2.24) is 15.3 Å². The van der Waals surface area contributed by atoms with Gasteiger partial charge in [0.15, 0.2) is 0 Å². The Kier molecular flexibility index (Phi) is 7.24. The number of nitrogens with one attached hydrogen (secondary N) is 1. The van der Waals surface area contributed by atoms with Gasteiger partial charge in [-0.1, -0.05) is 0 Å². The van der Waals surface area contributed by atoms with Gasteiger partial charge in [-0.3, -0.25) is 5.43 Å². The molecule has 0 atom stereocenters. The lowest BCUT2D eigenvalue weighted by atomic mass is 10.1. The quantitative estimate of drug-likeness (QED) is 0.522. The van der Waals surface area contributed by atoms with Gasteiger partial charge in [-0.15, -0.1) is 0 Å². The topological polar surface area (TPSA) is 27.7 Å². The average Bonchev–Trinajstić information content (AvgIpc) is 2.13. The monoisotopic (exact) mass is 245 g/mol. The van der Waals surface area contributed by atoms with Gasteiger partial charge in [0, 0.05) is 25.7 Å². The highest BCUT2D eigenvalue weighted by atomic mass is 16.5. The van der Waals surface area contributed by atoms with Crippen LogP contribution in [0, 0.1) is 0 Å². The molecule has 0 spiro atoms. The maximum absolute atomic E-state index is 5.93. The molecular weight excluding hydrogens is 214 g/mol. The average molecular weight is 245 g/mol. The zero-order chi connectivity index (χ0) is 13.6. The van der Waals surface area contributed by atoms with E-state index in [1.54, 1.807) is 0 Å². The predicted molar refractivity (Wildman–Crippen MR) is 73.8 cm³/mol. The van der Waals surface area contributed by atoms with Crippen molar-refractivity contribution in [2.75, 3.05) is 27.4 Å². The zero-order valence-corrected chi connectivity index (χ0v) is 12.9. The van der Waals surface area contributed by atoms with Crippen LogP contribution in [0.3, 0.4) is 0 Å². The first-order valence-corrected chi connectivity index (χ1v) is 6.45. The first-order chi connectivity index (χ1) is 7.64. The van der Waals surface area contributed by atoms with E-state index in [4.69, 9.17) is 4.74 Å². The van der Waals surface area contributed by atoms with Gasteiger partial charge >= 0.3 is 0 Å². The normalized spacial score (nSPS) is 13.4. The summed E-state index contributed by atoms with van der Waals surface area (Å²) in [5.74, 6) is 0. The van der Waals surface area contributed by atoms with Crippen LogP contribution in [0.25, 0.3) is 0 Å². The van der Waals surface area contributed by atoms with Crippen molar-refractivity contribution in [2.24, 2.45) is 0 Å². The third kappa shape index (κ3) is 8.55. The van der Waals surface area contributed by atoms with Crippen molar-refractivity contribution in [1.29, 1.82) is 0 Å². The second kappa shape index (κ2) is 7.31. The third-order valence-corrected chi connectivity index (χ3v) is 2.64. The van der Waals surface area contributed by atoms with Crippen LogP contribution in [-0.4, -0.2) is 55.0 Å². The molecule has 0 aromatic rings. The summed E-state index contributed by atoms with van der Waals surface area (Å²) in [6, 6.07) is 0.981. The van der Waals surface area contributed by atoms with Crippen molar-refractivity contribution in [3.63, 3.8) is 0 Å². The van der Waals surface area contributed by atoms with Gasteiger partial charge in [0.2, 0.25) is 0 Å². The minimum Gasteiger partial charge on any atom is -0.358 e. The molecule has 4 nitrogen and oxygen atoms in total. The largest absolute Gasteiger partial charge is 0.358 e. The molecule has 0 amide bonds. The van der Waals surface area contributed by atoms with Gasteiger partial charge in [-0.25, -0.2) is 5.01 Å². The molecule has 0 bridgehead atoms. The van der Waals surface area contributed by atoms with Crippen LogP contribution in [0.1, 0.15) is 41.5 Å². The first kappa shape index (κ1) is 16.8. The Labute approximate surface area is 107 Å². The standard InChI is InChI=1S/C13H31N3O/c1-11(2)14-16(8)10-17-13(5,6)9-15(7)12(3)4/h11-12,14H,9-10H2,1-8H3. The molecule has 104 valence electrons. The van der Waals surface area contributed by atoms with Crippen molar-refractivity contribution in [2.45, 2.75) is 59.2 Å². The van der Waals surface area contributed by atoms with Crippen LogP contribution in [0.2, 0.25) is 0 Å². The summed E-state index contributed by atoms with van der Waals surface area (Å²) in [4.78, 5) is 2.30. The molecule has 17 heavy (non-hydrogen) atoms. The van der Waals surface area contributed by atoms with E-state index < -0.39 is 0 Å². The Hall–Kier alpha value is -0.160. The minimum absolute atomic E-state index is 0.133. The van der Waals surface area contributed by atoms with Crippen molar-refractivity contribution in [3.05, 3.63) is 0 Å². The molecule has 0 aliphatic carbocycles. The molecule has 0 aliphatic rings. The summed E-state index contributed by atoms with van der Waals surface area (Å²) in [5.41, 5.74) is 3.15. The van der Waals surface area contributed by atoms with E-state index in [1.165, 1.54) is 0 Å². The second-order valence-corrected chi connectivity index (χ2v) is 6.02. The number of hydrogen-bond donors (Lipinski definition) is 1. The van der Waals surface area contributed by atoms with Gasteiger partial charge < -0.3 is 9.64 Å². The molecular formula is C13H31N3O. The number of hydrogen-bond acceptors (Lipinski definition) is 4. The first-order valence-electron chi connectivity index (χ1n) is 6.45. The maximum Gasteiger partial charge on any atom is 0.112 e. The summed E-state index contributed by atoms with van der Waals surface area (Å²) in [5, 5.41) is 1.99. The summed E-state index contributed by atoms with van der Waals surface area (Å²) < 4.78 is 5.93. The molecule has 0 saturated carbocycles. The fourth-order valence-electron chi connectivity index (χ4n) is 1.58. The molecule has 0 aliphatic heterocycles. The lowest BCUT2D eigenvalue weighted by molar-refractivity contribution is -0.0957. The maximum atomic E-state index is 5.93. The van der Waals surface area contributed by atoms with Crippen LogP contribution in [0.4, 0.5) is 0 Å². The van der Waals surface area contributed by atoms with Crippen molar-refractivity contribution in [3.8, 4) is 0 Å². The van der Waals surface area contributed by atoms with Crippen LogP contribution >= 0.6 is 0 Å². The Morgan fingerprint density at radius 1 is 1.12 bits per heavy atom. The van der Waals surface area contributed by atoms with Gasteiger partial charge in [-0.05, 0) is 48.6 Å². The van der Waals surface area contributed by atoms with E-state index >= 15 is 0 Å².